The minimum Gasteiger partial charge on any atom is -0.508 e. The molecule has 0 amide bonds. The van der Waals surface area contributed by atoms with Crippen LogP contribution < -0.4 is 11.2 Å². The molecular weight excluding hydrogens is 253 g/mol. The van der Waals surface area contributed by atoms with Crippen molar-refractivity contribution < 1.29 is 14.4 Å². The van der Waals surface area contributed by atoms with Crippen LogP contribution in [0.4, 0.5) is 0 Å². The molecule has 1 saturated heterocycles. The Labute approximate surface area is 120 Å². The van der Waals surface area contributed by atoms with E-state index in [2.05, 4.69) is 0 Å². The van der Waals surface area contributed by atoms with Crippen molar-refractivity contribution >= 4 is 12.6 Å². The predicted molar refractivity (Wildman–Crippen MR) is 78.9 cm³/mol. The van der Waals surface area contributed by atoms with Gasteiger partial charge in [-0.15, -0.1) is 0 Å². The van der Waals surface area contributed by atoms with Crippen LogP contribution in [0, 0.1) is 0 Å². The van der Waals surface area contributed by atoms with Crippen LogP contribution in [-0.2, 0) is 14.8 Å². The monoisotopic (exact) mass is 275 g/mol. The first-order valence-corrected chi connectivity index (χ1v) is 7.13. The molecule has 1 aliphatic carbocycles. The van der Waals surface area contributed by atoms with Gasteiger partial charge in [0.2, 0.25) is 0 Å². The van der Waals surface area contributed by atoms with Crippen molar-refractivity contribution in [1.29, 1.82) is 0 Å². The number of hydrogen-bond acceptors (Lipinski definition) is 4. The number of aromatic hydroxyl groups is 1. The summed E-state index contributed by atoms with van der Waals surface area (Å²) in [7, 11) is -0.483. The fraction of sp³-hybridized carbons (Fsp3) is 0.600. The Balaban J connectivity index is 2.03. The summed E-state index contributed by atoms with van der Waals surface area (Å²) < 4.78 is 12.2. The molecule has 3 rings (SSSR count). The van der Waals surface area contributed by atoms with Crippen LogP contribution in [0.2, 0.25) is 0 Å². The van der Waals surface area contributed by atoms with Crippen LogP contribution in [-0.4, -0.2) is 23.4 Å². The van der Waals surface area contributed by atoms with Crippen molar-refractivity contribution in [3.05, 3.63) is 23.8 Å². The summed E-state index contributed by atoms with van der Waals surface area (Å²) in [6, 6.07) is 5.42. The van der Waals surface area contributed by atoms with E-state index >= 15 is 0 Å². The highest BCUT2D eigenvalue weighted by atomic mass is 16.7. The van der Waals surface area contributed by atoms with Gasteiger partial charge in [0.15, 0.2) is 0 Å². The Morgan fingerprint density at radius 3 is 2.15 bits per heavy atom. The quantitative estimate of drug-likeness (QED) is 0.805. The summed E-state index contributed by atoms with van der Waals surface area (Å²) in [6.07, 6.45) is 1.77. The number of benzene rings is 1. The first-order valence-electron chi connectivity index (χ1n) is 7.13. The third kappa shape index (κ3) is 1.96. The maximum absolute atomic E-state index is 10.2. The lowest BCUT2D eigenvalue weighted by molar-refractivity contribution is 0.00578. The fourth-order valence-corrected chi connectivity index (χ4v) is 2.65. The topological polar surface area (TPSA) is 64.7 Å². The smallest absolute Gasteiger partial charge is 0.495 e. The molecular formula is C15H22BNO3. The summed E-state index contributed by atoms with van der Waals surface area (Å²) in [6.45, 7) is 8.07. The van der Waals surface area contributed by atoms with Gasteiger partial charge in [-0.2, -0.15) is 0 Å². The number of phenols is 1. The zero-order valence-electron chi connectivity index (χ0n) is 12.6. The van der Waals surface area contributed by atoms with Gasteiger partial charge in [0.05, 0.1) is 11.2 Å². The summed E-state index contributed by atoms with van der Waals surface area (Å²) in [5.74, 6) is 0.234. The van der Waals surface area contributed by atoms with Gasteiger partial charge in [-0.1, -0.05) is 12.1 Å². The van der Waals surface area contributed by atoms with Gasteiger partial charge >= 0.3 is 7.12 Å². The first kappa shape index (κ1) is 13.9. The molecule has 0 bridgehead atoms. The highest BCUT2D eigenvalue weighted by Gasteiger charge is 2.54. The molecule has 0 radical (unpaired) electrons. The Hall–Kier alpha value is -1.04. The van der Waals surface area contributed by atoms with Gasteiger partial charge in [-0.05, 0) is 52.1 Å². The van der Waals surface area contributed by atoms with Gasteiger partial charge in [-0.3, -0.25) is 0 Å². The van der Waals surface area contributed by atoms with Crippen molar-refractivity contribution in [2.45, 2.75) is 57.3 Å². The highest BCUT2D eigenvalue weighted by Crippen LogP contribution is 2.46. The van der Waals surface area contributed by atoms with Crippen LogP contribution in [0.5, 0.6) is 5.75 Å². The molecule has 1 aliphatic heterocycles. The lowest BCUT2D eigenvalue weighted by Gasteiger charge is -2.32. The number of nitrogens with two attached hydrogens (primary N) is 1. The largest absolute Gasteiger partial charge is 0.508 e. The van der Waals surface area contributed by atoms with Crippen molar-refractivity contribution in [2.24, 2.45) is 5.73 Å². The molecule has 1 heterocycles. The van der Waals surface area contributed by atoms with E-state index in [1.165, 1.54) is 0 Å². The van der Waals surface area contributed by atoms with E-state index in [1.54, 1.807) is 6.07 Å². The van der Waals surface area contributed by atoms with Gasteiger partial charge in [0, 0.05) is 11.1 Å². The molecule has 3 N–H and O–H groups in total. The molecule has 1 saturated carbocycles. The molecule has 0 spiro atoms. The fourth-order valence-electron chi connectivity index (χ4n) is 2.65. The van der Waals surface area contributed by atoms with Crippen molar-refractivity contribution in [1.82, 2.24) is 0 Å². The Morgan fingerprint density at radius 2 is 1.65 bits per heavy atom. The molecule has 0 atom stereocenters. The maximum atomic E-state index is 10.2. The molecule has 108 valence electrons. The van der Waals surface area contributed by atoms with Gasteiger partial charge < -0.3 is 20.1 Å². The van der Waals surface area contributed by atoms with Crippen molar-refractivity contribution in [2.75, 3.05) is 0 Å². The second-order valence-corrected chi connectivity index (χ2v) is 6.99. The van der Waals surface area contributed by atoms with Gasteiger partial charge in [0.25, 0.3) is 0 Å². The minimum absolute atomic E-state index is 0.234. The Kier molecular flexibility index (Phi) is 2.78. The number of rotatable bonds is 2. The molecule has 20 heavy (non-hydrogen) atoms. The zero-order chi connectivity index (χ0) is 14.8. The van der Waals surface area contributed by atoms with Crippen LogP contribution in [0.25, 0.3) is 0 Å². The first-order chi connectivity index (χ1) is 9.16. The zero-order valence-corrected chi connectivity index (χ0v) is 12.6. The second kappa shape index (κ2) is 4.00. The molecule has 4 nitrogen and oxygen atoms in total. The SMILES string of the molecule is CC1(C)OB(c2cccc(O)c2C2(N)CC2)OC1(C)C. The van der Waals surface area contributed by atoms with Gasteiger partial charge in [0.1, 0.15) is 5.75 Å². The summed E-state index contributed by atoms with van der Waals surface area (Å²) in [5, 5.41) is 10.2. The normalized spacial score (nSPS) is 25.8. The molecule has 5 heteroatoms. The third-order valence-electron chi connectivity index (χ3n) is 4.87. The van der Waals surface area contributed by atoms with E-state index in [1.807, 2.05) is 39.8 Å². The van der Waals surface area contributed by atoms with Crippen LogP contribution in [0.1, 0.15) is 46.1 Å². The highest BCUT2D eigenvalue weighted by molar-refractivity contribution is 6.62. The Morgan fingerprint density at radius 1 is 1.10 bits per heavy atom. The lowest BCUT2D eigenvalue weighted by atomic mass is 9.73. The maximum Gasteiger partial charge on any atom is 0.495 e. The van der Waals surface area contributed by atoms with E-state index in [4.69, 9.17) is 15.0 Å². The standard InChI is InChI=1S/C15H22BNO3/c1-13(2)14(3,4)20-16(19-13)10-6-5-7-11(18)12(10)15(17)8-9-15/h5-7,18H,8-9,17H2,1-4H3. The molecule has 2 fully saturated rings. The minimum atomic E-state index is -0.483. The summed E-state index contributed by atoms with van der Waals surface area (Å²) in [5.41, 5.74) is 6.71. The predicted octanol–water partition coefficient (Wildman–Crippen LogP) is 1.64. The summed E-state index contributed by atoms with van der Waals surface area (Å²) in [4.78, 5) is 0. The van der Waals surface area contributed by atoms with E-state index in [0.29, 0.717) is 0 Å². The van der Waals surface area contributed by atoms with Crippen LogP contribution >= 0.6 is 0 Å². The van der Waals surface area contributed by atoms with Crippen molar-refractivity contribution in [3.8, 4) is 5.75 Å². The van der Waals surface area contributed by atoms with E-state index in [9.17, 15) is 5.11 Å². The number of phenolic OH excluding ortho intramolecular Hbond substituents is 1. The second-order valence-electron chi connectivity index (χ2n) is 6.99. The molecule has 2 aliphatic rings. The average molecular weight is 275 g/mol. The Bertz CT molecular complexity index is 536. The van der Waals surface area contributed by atoms with E-state index in [0.717, 1.165) is 23.9 Å². The van der Waals surface area contributed by atoms with Crippen LogP contribution in [0.15, 0.2) is 18.2 Å². The van der Waals surface area contributed by atoms with Crippen molar-refractivity contribution in [3.63, 3.8) is 0 Å². The summed E-state index contributed by atoms with van der Waals surface area (Å²) >= 11 is 0. The molecule has 1 aromatic rings. The lowest BCUT2D eigenvalue weighted by Crippen LogP contribution is -2.41. The van der Waals surface area contributed by atoms with Gasteiger partial charge in [-0.25, -0.2) is 0 Å². The average Bonchev–Trinajstić information content (AvgIpc) is 3.00. The number of hydrogen-bond donors (Lipinski definition) is 2. The van der Waals surface area contributed by atoms with E-state index in [-0.39, 0.29) is 5.75 Å². The molecule has 1 aromatic carbocycles. The molecule has 0 unspecified atom stereocenters. The molecule has 0 aromatic heterocycles. The third-order valence-corrected chi connectivity index (χ3v) is 4.87. The van der Waals surface area contributed by atoms with E-state index < -0.39 is 23.9 Å². The van der Waals surface area contributed by atoms with Crippen LogP contribution in [0.3, 0.4) is 0 Å².